The minimum atomic E-state index is -0.0319. The number of furan rings is 1. The highest BCUT2D eigenvalue weighted by Crippen LogP contribution is 2.53. The van der Waals surface area contributed by atoms with E-state index in [0.717, 1.165) is 23.5 Å². The first-order chi connectivity index (χ1) is 11.7. The molecule has 1 saturated heterocycles. The van der Waals surface area contributed by atoms with Crippen molar-refractivity contribution in [3.05, 3.63) is 41.9 Å². The van der Waals surface area contributed by atoms with Crippen molar-refractivity contribution in [1.82, 2.24) is 0 Å². The van der Waals surface area contributed by atoms with E-state index in [1.165, 1.54) is 12.0 Å². The molecule has 1 aliphatic rings. The Kier molecular flexibility index (Phi) is 5.56. The number of ether oxygens (including phenoxy) is 3. The van der Waals surface area contributed by atoms with Crippen molar-refractivity contribution in [2.75, 3.05) is 32.8 Å². The van der Waals surface area contributed by atoms with Gasteiger partial charge >= 0.3 is 0 Å². The van der Waals surface area contributed by atoms with E-state index >= 15 is 0 Å². The zero-order valence-electron chi connectivity index (χ0n) is 14.2. The minimum Gasteiger partial charge on any atom is -0.493 e. The topological polar surface area (TPSA) is 40.8 Å². The van der Waals surface area contributed by atoms with Gasteiger partial charge in [-0.1, -0.05) is 0 Å². The van der Waals surface area contributed by atoms with Crippen LogP contribution in [0.4, 0.5) is 0 Å². The molecule has 6 heteroatoms. The summed E-state index contributed by atoms with van der Waals surface area (Å²) in [6.45, 7) is 0. The zero-order valence-corrected chi connectivity index (χ0v) is 15.8. The van der Waals surface area contributed by atoms with Crippen LogP contribution in [-0.2, 0) is 10.5 Å². The Balaban J connectivity index is 1.98. The second kappa shape index (κ2) is 7.66. The van der Waals surface area contributed by atoms with Crippen LogP contribution in [0.3, 0.4) is 0 Å². The molecule has 0 atom stereocenters. The summed E-state index contributed by atoms with van der Waals surface area (Å²) in [6, 6.07) is 6.15. The lowest BCUT2D eigenvalue weighted by Gasteiger charge is -2.35. The molecule has 0 radical (unpaired) electrons. The lowest BCUT2D eigenvalue weighted by molar-refractivity contribution is 0.323. The van der Waals surface area contributed by atoms with Gasteiger partial charge < -0.3 is 18.6 Å². The van der Waals surface area contributed by atoms with Gasteiger partial charge in [0.25, 0.3) is 0 Å². The summed E-state index contributed by atoms with van der Waals surface area (Å²) in [5.74, 6) is 4.33. The molecule has 0 saturated carbocycles. The number of benzene rings is 1. The second-order valence-corrected chi connectivity index (χ2v) is 8.57. The van der Waals surface area contributed by atoms with E-state index in [9.17, 15) is 0 Å². The quantitative estimate of drug-likeness (QED) is 0.746. The summed E-state index contributed by atoms with van der Waals surface area (Å²) in [5.41, 5.74) is 2.39. The molecule has 4 nitrogen and oxygen atoms in total. The van der Waals surface area contributed by atoms with Crippen LogP contribution in [0.25, 0.3) is 0 Å². The Labute approximate surface area is 151 Å². The largest absolute Gasteiger partial charge is 0.493 e. The highest BCUT2D eigenvalue weighted by Gasteiger charge is 2.37. The molecule has 0 bridgehead atoms. The van der Waals surface area contributed by atoms with Gasteiger partial charge in [-0.2, -0.15) is 0 Å². The first-order valence-electron chi connectivity index (χ1n) is 7.82. The Bertz CT molecular complexity index is 639. The van der Waals surface area contributed by atoms with Crippen molar-refractivity contribution in [2.24, 2.45) is 0 Å². The molecule has 1 aromatic heterocycles. The molecule has 0 amide bonds. The Morgan fingerprint density at radius 2 is 1.71 bits per heavy atom. The summed E-state index contributed by atoms with van der Waals surface area (Å²) < 4.78 is 21.7. The summed E-state index contributed by atoms with van der Waals surface area (Å²) in [4.78, 5) is 0. The maximum Gasteiger partial charge on any atom is 0.203 e. The van der Waals surface area contributed by atoms with E-state index in [2.05, 4.69) is 6.07 Å². The molecule has 0 spiro atoms. The van der Waals surface area contributed by atoms with Crippen LogP contribution in [0.2, 0.25) is 0 Å². The van der Waals surface area contributed by atoms with Crippen LogP contribution in [0.1, 0.15) is 17.5 Å². The smallest absolute Gasteiger partial charge is 0.203 e. The van der Waals surface area contributed by atoms with E-state index in [4.69, 9.17) is 18.6 Å². The maximum absolute atomic E-state index is 5.50. The van der Waals surface area contributed by atoms with Gasteiger partial charge in [0.2, 0.25) is 5.75 Å². The van der Waals surface area contributed by atoms with Crippen molar-refractivity contribution < 1.29 is 18.6 Å². The predicted molar refractivity (Wildman–Crippen MR) is 99.7 cm³/mol. The molecule has 0 N–H and O–H groups in total. The number of methoxy groups -OCH3 is 3. The second-order valence-electron chi connectivity index (χ2n) is 5.53. The van der Waals surface area contributed by atoms with Crippen LogP contribution < -0.4 is 14.2 Å². The monoisotopic (exact) mass is 366 g/mol. The van der Waals surface area contributed by atoms with E-state index in [1.807, 2.05) is 41.9 Å². The summed E-state index contributed by atoms with van der Waals surface area (Å²) in [5, 5.41) is 0. The van der Waals surface area contributed by atoms with Gasteiger partial charge in [-0.25, -0.2) is 0 Å². The molecule has 2 heterocycles. The Morgan fingerprint density at radius 3 is 2.21 bits per heavy atom. The fourth-order valence-corrected chi connectivity index (χ4v) is 6.29. The highest BCUT2D eigenvalue weighted by atomic mass is 32.2. The average Bonchev–Trinajstić information content (AvgIpc) is 3.17. The van der Waals surface area contributed by atoms with Gasteiger partial charge in [-0.05, 0) is 41.7 Å². The van der Waals surface area contributed by atoms with Crippen LogP contribution in [-0.4, -0.2) is 32.8 Å². The first-order valence-corrected chi connectivity index (χ1v) is 9.79. The van der Waals surface area contributed by atoms with Gasteiger partial charge in [0, 0.05) is 12.0 Å². The summed E-state index contributed by atoms with van der Waals surface area (Å²) in [7, 11) is 4.92. The van der Waals surface area contributed by atoms with Gasteiger partial charge in [0.1, 0.15) is 0 Å². The third-order valence-corrected chi connectivity index (χ3v) is 7.47. The molecule has 0 unspecified atom stereocenters. The fourth-order valence-electron chi connectivity index (χ4n) is 2.93. The number of rotatable bonds is 6. The molecule has 3 rings (SSSR count). The lowest BCUT2D eigenvalue weighted by atomic mass is 10.0. The summed E-state index contributed by atoms with van der Waals surface area (Å²) in [6.07, 6.45) is 5.73. The molecule has 0 aliphatic carbocycles. The Morgan fingerprint density at radius 1 is 1.04 bits per heavy atom. The van der Waals surface area contributed by atoms with Crippen LogP contribution in [0.15, 0.2) is 35.1 Å². The van der Waals surface area contributed by atoms with Crippen molar-refractivity contribution >= 4 is 23.5 Å². The summed E-state index contributed by atoms with van der Waals surface area (Å²) >= 11 is 3.98. The van der Waals surface area contributed by atoms with Crippen LogP contribution in [0.5, 0.6) is 17.2 Å². The molecule has 1 fully saturated rings. The van der Waals surface area contributed by atoms with E-state index in [-0.39, 0.29) is 4.08 Å². The van der Waals surface area contributed by atoms with Gasteiger partial charge in [-0.3, -0.25) is 0 Å². The van der Waals surface area contributed by atoms with Crippen LogP contribution >= 0.6 is 23.5 Å². The van der Waals surface area contributed by atoms with E-state index in [0.29, 0.717) is 17.2 Å². The highest BCUT2D eigenvalue weighted by molar-refractivity contribution is 8.18. The SMILES string of the molecule is COc1cc(CC2(c3ccoc3)SCCCS2)cc(OC)c1OC. The Hall–Kier alpha value is -1.40. The molecule has 1 aliphatic heterocycles. The molecular weight excluding hydrogens is 344 g/mol. The average molecular weight is 367 g/mol. The number of hydrogen-bond donors (Lipinski definition) is 0. The van der Waals surface area contributed by atoms with E-state index < -0.39 is 0 Å². The lowest BCUT2D eigenvalue weighted by Crippen LogP contribution is -2.25. The standard InChI is InChI=1S/C18H22O4S2/c1-19-15-9-13(10-16(20-2)17(15)21-3)11-18(14-5-6-22-12-14)23-7-4-8-24-18/h5-6,9-10,12H,4,7-8,11H2,1-3H3. The molecule has 130 valence electrons. The van der Waals surface area contributed by atoms with E-state index in [1.54, 1.807) is 27.6 Å². The molecular formula is C18H22O4S2. The van der Waals surface area contributed by atoms with Gasteiger partial charge in [-0.15, -0.1) is 23.5 Å². The molecule has 1 aromatic carbocycles. The van der Waals surface area contributed by atoms with Crippen molar-refractivity contribution in [2.45, 2.75) is 16.9 Å². The minimum absolute atomic E-state index is 0.0319. The van der Waals surface area contributed by atoms with Crippen molar-refractivity contribution in [3.63, 3.8) is 0 Å². The zero-order chi connectivity index (χ0) is 17.0. The molecule has 2 aromatic rings. The van der Waals surface area contributed by atoms with Gasteiger partial charge in [0.05, 0.1) is 37.9 Å². The normalized spacial score (nSPS) is 16.6. The van der Waals surface area contributed by atoms with Crippen molar-refractivity contribution in [3.8, 4) is 17.2 Å². The van der Waals surface area contributed by atoms with Gasteiger partial charge in [0.15, 0.2) is 11.5 Å². The predicted octanol–water partition coefficient (Wildman–Crippen LogP) is 4.57. The third kappa shape index (κ3) is 3.35. The maximum atomic E-state index is 5.50. The van der Waals surface area contributed by atoms with Crippen molar-refractivity contribution in [1.29, 1.82) is 0 Å². The molecule has 24 heavy (non-hydrogen) atoms. The number of thioether (sulfide) groups is 2. The third-order valence-electron chi connectivity index (χ3n) is 4.08. The van der Waals surface area contributed by atoms with Crippen LogP contribution in [0, 0.1) is 0 Å². The first kappa shape index (κ1) is 17.4. The number of hydrogen-bond acceptors (Lipinski definition) is 6. The fraction of sp³-hybridized carbons (Fsp3) is 0.444.